The zero-order chi connectivity index (χ0) is 19.9. The lowest BCUT2D eigenvalue weighted by Gasteiger charge is -2.39. The van der Waals surface area contributed by atoms with Crippen LogP contribution in [0.4, 0.5) is 0 Å². The van der Waals surface area contributed by atoms with Crippen molar-refractivity contribution in [3.05, 3.63) is 66.4 Å². The maximum Gasteiger partial charge on any atom is 0.184 e. The van der Waals surface area contributed by atoms with Crippen molar-refractivity contribution in [1.82, 2.24) is 4.23 Å². The Morgan fingerprint density at radius 2 is 1.33 bits per heavy atom. The van der Waals surface area contributed by atoms with E-state index >= 15 is 0 Å². The van der Waals surface area contributed by atoms with Gasteiger partial charge in [-0.25, -0.2) is 0 Å². The highest BCUT2D eigenvalue weighted by molar-refractivity contribution is 7.10. The Morgan fingerprint density at radius 3 is 1.81 bits per heavy atom. The van der Waals surface area contributed by atoms with Gasteiger partial charge >= 0.3 is 0 Å². The van der Waals surface area contributed by atoms with Gasteiger partial charge in [-0.05, 0) is 73.5 Å². The van der Waals surface area contributed by atoms with Gasteiger partial charge < -0.3 is 8.66 Å². The van der Waals surface area contributed by atoms with Gasteiger partial charge in [0.25, 0.3) is 0 Å². The summed E-state index contributed by atoms with van der Waals surface area (Å²) in [5.41, 5.74) is 2.59. The Balaban J connectivity index is 2.07. The highest BCUT2D eigenvalue weighted by Crippen LogP contribution is 2.29. The van der Waals surface area contributed by atoms with E-state index in [1.54, 1.807) is 10.4 Å². The van der Waals surface area contributed by atoms with Crippen molar-refractivity contribution >= 4 is 40.7 Å². The van der Waals surface area contributed by atoms with E-state index in [2.05, 4.69) is 111 Å². The van der Waals surface area contributed by atoms with Crippen LogP contribution in [0.2, 0.25) is 45.8 Å². The van der Waals surface area contributed by atoms with Gasteiger partial charge in [0.1, 0.15) is 0 Å². The highest BCUT2D eigenvalue weighted by atomic mass is 28.4. The molecule has 27 heavy (non-hydrogen) atoms. The van der Waals surface area contributed by atoms with Gasteiger partial charge in [-0.3, -0.25) is 0 Å². The molecule has 5 heteroatoms. The van der Waals surface area contributed by atoms with E-state index in [1.807, 2.05) is 0 Å². The molecule has 0 unspecified atom stereocenters. The highest BCUT2D eigenvalue weighted by Gasteiger charge is 2.50. The van der Waals surface area contributed by atoms with Crippen LogP contribution in [0.1, 0.15) is 5.56 Å². The molecule has 0 atom stereocenters. The van der Waals surface area contributed by atoms with E-state index in [1.165, 1.54) is 11.1 Å². The molecule has 0 radical (unpaired) electrons. The molecule has 0 fully saturated rings. The topological polar surface area (TPSA) is 12.5 Å². The number of rotatable bonds is 5. The molecule has 0 aliphatic carbocycles. The average molecular weight is 412 g/mol. The van der Waals surface area contributed by atoms with Gasteiger partial charge in [0.05, 0.1) is 6.61 Å². The molecule has 2 nitrogen and oxygen atoms in total. The summed E-state index contributed by atoms with van der Waals surface area (Å²) in [5, 5.41) is 3.22. The molecular formula is C22H33NOSi3. The zero-order valence-corrected chi connectivity index (χ0v) is 20.8. The first-order chi connectivity index (χ1) is 12.5. The SMILES string of the molecule is C[Si](C)(C)OC/C(=C\N1[Si](C)(C)c2ccccc2[Si]1(C)C)c1ccccc1. The minimum atomic E-state index is -1.72. The number of benzene rings is 2. The van der Waals surface area contributed by atoms with E-state index in [-0.39, 0.29) is 0 Å². The van der Waals surface area contributed by atoms with Crippen molar-refractivity contribution in [1.29, 1.82) is 0 Å². The Labute approximate surface area is 168 Å². The van der Waals surface area contributed by atoms with E-state index in [0.29, 0.717) is 6.61 Å². The first-order valence-corrected chi connectivity index (χ1v) is 19.1. The van der Waals surface area contributed by atoms with Crippen LogP contribution in [0.5, 0.6) is 0 Å². The summed E-state index contributed by atoms with van der Waals surface area (Å²) in [6, 6.07) is 19.9. The van der Waals surface area contributed by atoms with Gasteiger partial charge in [-0.1, -0.05) is 54.6 Å². The van der Waals surface area contributed by atoms with E-state index < -0.39 is 24.8 Å². The zero-order valence-electron chi connectivity index (χ0n) is 17.8. The summed E-state index contributed by atoms with van der Waals surface area (Å²) in [6.45, 7) is 17.5. The Bertz CT molecular complexity index is 803. The summed E-state index contributed by atoms with van der Waals surface area (Å²) in [5.74, 6) is 0. The smallest absolute Gasteiger partial charge is 0.184 e. The standard InChI is InChI=1S/C22H33NOSi3/c1-25(2,3)24-18-20(19-13-9-8-10-14-19)17-23-26(4,5)21-15-11-12-16-22(21)27(23,6)7/h8-17H,18H2,1-7H3/b20-17+. The van der Waals surface area contributed by atoms with Gasteiger partial charge in [-0.15, -0.1) is 0 Å². The second-order valence-electron chi connectivity index (χ2n) is 9.46. The third kappa shape index (κ3) is 4.06. The molecule has 1 aliphatic rings. The predicted octanol–water partition coefficient (Wildman–Crippen LogP) is 4.72. The minimum absolute atomic E-state index is 0.696. The minimum Gasteiger partial charge on any atom is -0.423 e. The molecule has 2 aromatic carbocycles. The Kier molecular flexibility index (Phi) is 5.42. The molecule has 0 N–H and O–H groups in total. The van der Waals surface area contributed by atoms with Crippen molar-refractivity contribution in [2.24, 2.45) is 0 Å². The summed E-state index contributed by atoms with van der Waals surface area (Å²) in [6.07, 6.45) is 2.47. The molecule has 1 heterocycles. The fourth-order valence-corrected chi connectivity index (χ4v) is 16.8. The molecule has 3 rings (SSSR count). The van der Waals surface area contributed by atoms with Crippen molar-refractivity contribution in [3.63, 3.8) is 0 Å². The number of fused-ring (bicyclic) bond motifs is 1. The van der Waals surface area contributed by atoms with Crippen LogP contribution in [0, 0.1) is 0 Å². The monoisotopic (exact) mass is 411 g/mol. The molecular weight excluding hydrogens is 379 g/mol. The Morgan fingerprint density at radius 1 is 0.852 bits per heavy atom. The van der Waals surface area contributed by atoms with Crippen LogP contribution in [-0.2, 0) is 4.43 Å². The first kappa shape index (κ1) is 20.3. The lowest BCUT2D eigenvalue weighted by molar-refractivity contribution is 0.364. The Hall–Kier alpha value is -1.41. The summed E-state index contributed by atoms with van der Waals surface area (Å²) < 4.78 is 9.14. The maximum absolute atomic E-state index is 6.34. The van der Waals surface area contributed by atoms with Crippen LogP contribution in [0.15, 0.2) is 60.8 Å². The van der Waals surface area contributed by atoms with Crippen LogP contribution in [0.25, 0.3) is 5.57 Å². The largest absolute Gasteiger partial charge is 0.423 e. The van der Waals surface area contributed by atoms with E-state index in [9.17, 15) is 0 Å². The van der Waals surface area contributed by atoms with Gasteiger partial charge in [0.2, 0.25) is 0 Å². The van der Waals surface area contributed by atoms with Crippen molar-refractivity contribution < 1.29 is 4.43 Å². The lowest BCUT2D eigenvalue weighted by Crippen LogP contribution is -2.57. The molecule has 0 saturated carbocycles. The van der Waals surface area contributed by atoms with E-state index in [4.69, 9.17) is 4.43 Å². The first-order valence-electron chi connectivity index (χ1n) is 9.83. The van der Waals surface area contributed by atoms with E-state index in [0.717, 1.165) is 0 Å². The number of hydrogen-bond acceptors (Lipinski definition) is 2. The fourth-order valence-electron chi connectivity index (χ4n) is 4.13. The molecule has 0 spiro atoms. The van der Waals surface area contributed by atoms with Gasteiger partial charge in [0.15, 0.2) is 24.8 Å². The van der Waals surface area contributed by atoms with Crippen LogP contribution < -0.4 is 10.4 Å². The molecule has 0 amide bonds. The second-order valence-corrected chi connectivity index (χ2v) is 22.7. The fraction of sp³-hybridized carbons (Fsp3) is 0.364. The number of nitrogens with zero attached hydrogens (tertiary/aromatic N) is 1. The van der Waals surface area contributed by atoms with Crippen LogP contribution in [0.3, 0.4) is 0 Å². The van der Waals surface area contributed by atoms with Crippen molar-refractivity contribution in [2.75, 3.05) is 6.61 Å². The van der Waals surface area contributed by atoms with Crippen molar-refractivity contribution in [3.8, 4) is 0 Å². The molecule has 1 aliphatic heterocycles. The third-order valence-electron chi connectivity index (χ3n) is 5.54. The summed E-state index contributed by atoms with van der Waals surface area (Å²) in [7, 11) is -5.02. The quantitative estimate of drug-likeness (QED) is 0.660. The van der Waals surface area contributed by atoms with Crippen LogP contribution >= 0.6 is 0 Å². The molecule has 0 aromatic heterocycles. The second kappa shape index (κ2) is 7.20. The molecule has 2 aromatic rings. The van der Waals surface area contributed by atoms with Gasteiger partial charge in [-0.2, -0.15) is 0 Å². The molecule has 144 valence electrons. The summed E-state index contributed by atoms with van der Waals surface area (Å²) >= 11 is 0. The lowest BCUT2D eigenvalue weighted by atomic mass is 10.1. The maximum atomic E-state index is 6.34. The average Bonchev–Trinajstić information content (AvgIpc) is 2.75. The normalized spacial score (nSPS) is 18.5. The predicted molar refractivity (Wildman–Crippen MR) is 126 cm³/mol. The van der Waals surface area contributed by atoms with Crippen molar-refractivity contribution in [2.45, 2.75) is 45.8 Å². The van der Waals surface area contributed by atoms with Gasteiger partial charge in [0, 0.05) is 0 Å². The number of hydrogen-bond donors (Lipinski definition) is 0. The summed E-state index contributed by atoms with van der Waals surface area (Å²) in [4.78, 5) is 0. The molecule has 0 saturated heterocycles. The molecule has 0 bridgehead atoms. The third-order valence-corrected chi connectivity index (χ3v) is 16.3. The van der Waals surface area contributed by atoms with Crippen LogP contribution in [-0.4, -0.2) is 35.6 Å².